The number of carbonyl (C=O) groups excluding carboxylic acids is 1. The van der Waals surface area contributed by atoms with E-state index >= 15 is 0 Å². The average molecular weight is 405 g/mol. The summed E-state index contributed by atoms with van der Waals surface area (Å²) >= 11 is 0. The second-order valence-electron chi connectivity index (χ2n) is 7.60. The Morgan fingerprint density at radius 2 is 1.93 bits per heavy atom. The van der Waals surface area contributed by atoms with Gasteiger partial charge in [0.25, 0.3) is 5.91 Å². The molecule has 0 fully saturated rings. The topological polar surface area (TPSA) is 74.0 Å². The van der Waals surface area contributed by atoms with E-state index in [-0.39, 0.29) is 5.92 Å². The fourth-order valence-electron chi connectivity index (χ4n) is 3.20. The Morgan fingerprint density at radius 1 is 1.21 bits per heavy atom. The standard InChI is InChI=1S/C20H25F2N5O2/c1-12(2)18(25-19(28)20(4,21)22)13(3)29-16-6-7-17-14(8-16)9-24-27(17)15-10-23-26(5)11-15/h6-13,18H,1-5H3,(H,25,28)/t13-,18+/m1/s1. The van der Waals surface area contributed by atoms with E-state index in [1.807, 2.05) is 39.2 Å². The lowest BCUT2D eigenvalue weighted by molar-refractivity contribution is -0.144. The number of carbonyl (C=O) groups is 1. The number of nitrogens with zero attached hydrogens (tertiary/aromatic N) is 4. The molecular formula is C20H25F2N5O2. The highest BCUT2D eigenvalue weighted by molar-refractivity contribution is 5.83. The molecule has 0 unspecified atom stereocenters. The summed E-state index contributed by atoms with van der Waals surface area (Å²) in [5.41, 5.74) is 1.73. The number of ether oxygens (including phenoxy) is 1. The summed E-state index contributed by atoms with van der Waals surface area (Å²) in [5, 5.41) is 11.8. The van der Waals surface area contributed by atoms with E-state index in [9.17, 15) is 13.6 Å². The minimum atomic E-state index is -3.44. The van der Waals surface area contributed by atoms with Gasteiger partial charge in [0.05, 0.1) is 30.1 Å². The van der Waals surface area contributed by atoms with Gasteiger partial charge in [0.15, 0.2) is 0 Å². The van der Waals surface area contributed by atoms with Crippen molar-refractivity contribution in [2.45, 2.75) is 45.8 Å². The fourth-order valence-corrected chi connectivity index (χ4v) is 3.20. The van der Waals surface area contributed by atoms with Crippen molar-refractivity contribution in [1.29, 1.82) is 0 Å². The number of alkyl halides is 2. The van der Waals surface area contributed by atoms with Crippen LogP contribution in [0, 0.1) is 5.92 Å². The number of rotatable bonds is 7. The van der Waals surface area contributed by atoms with E-state index in [0.717, 1.165) is 16.6 Å². The predicted octanol–water partition coefficient (Wildman–Crippen LogP) is 3.32. The Balaban J connectivity index is 1.79. The molecular weight excluding hydrogens is 380 g/mol. The third-order valence-corrected chi connectivity index (χ3v) is 4.72. The predicted molar refractivity (Wildman–Crippen MR) is 105 cm³/mol. The van der Waals surface area contributed by atoms with Gasteiger partial charge >= 0.3 is 5.92 Å². The molecule has 2 aromatic heterocycles. The molecule has 29 heavy (non-hydrogen) atoms. The van der Waals surface area contributed by atoms with Gasteiger partial charge in [0, 0.05) is 19.4 Å². The van der Waals surface area contributed by atoms with Crippen LogP contribution in [0.1, 0.15) is 27.7 Å². The molecule has 3 aromatic rings. The van der Waals surface area contributed by atoms with Gasteiger partial charge in [-0.3, -0.25) is 9.48 Å². The van der Waals surface area contributed by atoms with E-state index in [4.69, 9.17) is 4.74 Å². The number of aryl methyl sites for hydroxylation is 1. The van der Waals surface area contributed by atoms with E-state index in [1.165, 1.54) is 0 Å². The lowest BCUT2D eigenvalue weighted by atomic mass is 9.99. The van der Waals surface area contributed by atoms with E-state index < -0.39 is 24.0 Å². The molecule has 3 rings (SSSR count). The summed E-state index contributed by atoms with van der Waals surface area (Å²) in [5.74, 6) is -4.26. The summed E-state index contributed by atoms with van der Waals surface area (Å²) in [6.07, 6.45) is 4.79. The number of fused-ring (bicyclic) bond motifs is 1. The first-order chi connectivity index (χ1) is 13.6. The van der Waals surface area contributed by atoms with E-state index in [0.29, 0.717) is 12.7 Å². The molecule has 2 atom stereocenters. The Kier molecular flexibility index (Phi) is 5.59. The normalized spacial score (nSPS) is 14.2. The van der Waals surface area contributed by atoms with Gasteiger partial charge in [-0.15, -0.1) is 0 Å². The maximum atomic E-state index is 13.3. The van der Waals surface area contributed by atoms with Crippen LogP contribution in [0.15, 0.2) is 36.8 Å². The highest BCUT2D eigenvalue weighted by atomic mass is 19.3. The minimum absolute atomic E-state index is 0.0895. The number of hydrogen-bond donors (Lipinski definition) is 1. The van der Waals surface area contributed by atoms with Gasteiger partial charge in [-0.25, -0.2) is 4.68 Å². The third-order valence-electron chi connectivity index (χ3n) is 4.72. The first-order valence-electron chi connectivity index (χ1n) is 9.38. The van der Waals surface area contributed by atoms with Crippen LogP contribution in [-0.4, -0.2) is 43.5 Å². The van der Waals surface area contributed by atoms with Gasteiger partial charge in [0.2, 0.25) is 0 Å². The van der Waals surface area contributed by atoms with Crippen molar-refractivity contribution < 1.29 is 18.3 Å². The number of amides is 1. The molecule has 7 nitrogen and oxygen atoms in total. The summed E-state index contributed by atoms with van der Waals surface area (Å²) in [4.78, 5) is 11.7. The van der Waals surface area contributed by atoms with E-state index in [2.05, 4.69) is 15.5 Å². The quantitative estimate of drug-likeness (QED) is 0.654. The zero-order valence-electron chi connectivity index (χ0n) is 17.1. The highest BCUT2D eigenvalue weighted by Crippen LogP contribution is 2.25. The summed E-state index contributed by atoms with van der Waals surface area (Å²) in [6.45, 7) is 6.03. The molecule has 1 N–H and O–H groups in total. The van der Waals surface area contributed by atoms with Gasteiger partial charge in [0.1, 0.15) is 17.5 Å². The molecule has 0 spiro atoms. The van der Waals surface area contributed by atoms with Gasteiger partial charge < -0.3 is 10.1 Å². The number of hydrogen-bond acceptors (Lipinski definition) is 4. The molecule has 0 aliphatic heterocycles. The van der Waals surface area contributed by atoms with Crippen molar-refractivity contribution >= 4 is 16.8 Å². The Bertz CT molecular complexity index is 1010. The monoisotopic (exact) mass is 405 g/mol. The minimum Gasteiger partial charge on any atom is -0.489 e. The number of aromatic nitrogens is 4. The van der Waals surface area contributed by atoms with Crippen LogP contribution in [-0.2, 0) is 11.8 Å². The summed E-state index contributed by atoms with van der Waals surface area (Å²) in [6, 6.07) is 4.93. The fraction of sp³-hybridized carbons (Fsp3) is 0.450. The lowest BCUT2D eigenvalue weighted by Crippen LogP contribution is -2.52. The summed E-state index contributed by atoms with van der Waals surface area (Å²) < 4.78 is 36.0. The smallest absolute Gasteiger partial charge is 0.321 e. The van der Waals surface area contributed by atoms with Crippen LogP contribution in [0.4, 0.5) is 8.78 Å². The zero-order valence-corrected chi connectivity index (χ0v) is 17.1. The molecule has 0 radical (unpaired) electrons. The average Bonchev–Trinajstić information content (AvgIpc) is 3.23. The molecule has 9 heteroatoms. The maximum Gasteiger partial charge on any atom is 0.321 e. The zero-order chi connectivity index (χ0) is 21.3. The molecule has 1 amide bonds. The molecule has 0 aliphatic rings. The van der Waals surface area contributed by atoms with Crippen molar-refractivity contribution in [2.75, 3.05) is 0 Å². The SMILES string of the molecule is CC(C)[C@H](NC(=O)C(C)(F)F)[C@@H](C)Oc1ccc2c(cnn2-c2cnn(C)c2)c1. The number of halogens is 2. The second kappa shape index (κ2) is 7.81. The van der Waals surface area contributed by atoms with Crippen molar-refractivity contribution in [3.05, 3.63) is 36.8 Å². The van der Waals surface area contributed by atoms with Crippen molar-refractivity contribution in [2.24, 2.45) is 13.0 Å². The Labute approximate surface area is 167 Å². The molecule has 2 heterocycles. The van der Waals surface area contributed by atoms with E-state index in [1.54, 1.807) is 34.7 Å². The molecule has 0 saturated carbocycles. The molecule has 0 aliphatic carbocycles. The van der Waals surface area contributed by atoms with Crippen LogP contribution < -0.4 is 10.1 Å². The molecule has 0 saturated heterocycles. The van der Waals surface area contributed by atoms with Gasteiger partial charge in [-0.05, 0) is 31.0 Å². The van der Waals surface area contributed by atoms with Crippen LogP contribution in [0.5, 0.6) is 5.75 Å². The first-order valence-corrected chi connectivity index (χ1v) is 9.38. The van der Waals surface area contributed by atoms with Gasteiger partial charge in [-0.2, -0.15) is 19.0 Å². The molecule has 156 valence electrons. The third kappa shape index (κ3) is 4.55. The highest BCUT2D eigenvalue weighted by Gasteiger charge is 2.36. The molecule has 0 bridgehead atoms. The Morgan fingerprint density at radius 3 is 2.52 bits per heavy atom. The van der Waals surface area contributed by atoms with Crippen LogP contribution in [0.25, 0.3) is 16.6 Å². The van der Waals surface area contributed by atoms with Crippen LogP contribution in [0.3, 0.4) is 0 Å². The van der Waals surface area contributed by atoms with Crippen molar-refractivity contribution in [3.63, 3.8) is 0 Å². The van der Waals surface area contributed by atoms with Crippen molar-refractivity contribution in [3.8, 4) is 11.4 Å². The summed E-state index contributed by atoms with van der Waals surface area (Å²) in [7, 11) is 1.83. The van der Waals surface area contributed by atoms with Crippen molar-refractivity contribution in [1.82, 2.24) is 24.9 Å². The van der Waals surface area contributed by atoms with Crippen LogP contribution in [0.2, 0.25) is 0 Å². The Hall–Kier alpha value is -2.97. The first kappa shape index (κ1) is 20.8. The maximum absolute atomic E-state index is 13.3. The van der Waals surface area contributed by atoms with Crippen LogP contribution >= 0.6 is 0 Å². The van der Waals surface area contributed by atoms with Gasteiger partial charge in [-0.1, -0.05) is 13.8 Å². The molecule has 1 aromatic carbocycles. The second-order valence-corrected chi connectivity index (χ2v) is 7.60. The number of benzene rings is 1. The number of nitrogens with one attached hydrogen (secondary N) is 1. The lowest BCUT2D eigenvalue weighted by Gasteiger charge is -2.30. The largest absolute Gasteiger partial charge is 0.489 e.